The second-order valence-electron chi connectivity index (χ2n) is 11.2. The van der Waals surface area contributed by atoms with Gasteiger partial charge in [-0.1, -0.05) is 54.6 Å². The number of nitrogens with one attached hydrogen (secondary N) is 1. The van der Waals surface area contributed by atoms with Crippen LogP contribution in [-0.4, -0.2) is 48.3 Å². The number of aromatic nitrogens is 1. The first-order valence-electron chi connectivity index (χ1n) is 14.0. The zero-order chi connectivity index (χ0) is 28.3. The summed E-state index contributed by atoms with van der Waals surface area (Å²) in [6.45, 7) is 0. The van der Waals surface area contributed by atoms with Crippen molar-refractivity contribution in [2.24, 2.45) is 11.7 Å². The molecule has 5 rings (SSSR count). The number of amides is 2. The molecule has 40 heavy (non-hydrogen) atoms. The summed E-state index contributed by atoms with van der Waals surface area (Å²) in [5, 5.41) is 3.05. The second kappa shape index (κ2) is 11.8. The number of hydrogen-bond acceptors (Lipinski definition) is 5. The van der Waals surface area contributed by atoms with E-state index in [0.29, 0.717) is 24.9 Å². The number of anilines is 1. The monoisotopic (exact) mass is 544 g/mol. The molecule has 3 aromatic rings. The summed E-state index contributed by atoms with van der Waals surface area (Å²) in [4.78, 5) is 31.2. The minimum absolute atomic E-state index is 0.0393. The van der Waals surface area contributed by atoms with Crippen LogP contribution >= 0.6 is 0 Å². The van der Waals surface area contributed by atoms with Crippen molar-refractivity contribution in [3.05, 3.63) is 72.4 Å². The van der Waals surface area contributed by atoms with E-state index >= 15 is 0 Å². The molecule has 1 aromatic heterocycles. The molecule has 210 valence electrons. The average Bonchev–Trinajstić information content (AvgIpc) is 2.96. The highest BCUT2D eigenvalue weighted by Gasteiger charge is 2.42. The average molecular weight is 545 g/mol. The SMILES string of the molecule is COC(=O)N(C)[C@H]1CC[C@H](CC(=O)Nc2cnc(-c3ccc([C@]4(N)C[C@H](F)C4)cc3)c(-c3ccccc3)c2)CC1. The van der Waals surface area contributed by atoms with Gasteiger partial charge in [-0.15, -0.1) is 0 Å². The van der Waals surface area contributed by atoms with Gasteiger partial charge in [-0.25, -0.2) is 9.18 Å². The smallest absolute Gasteiger partial charge is 0.409 e. The number of benzene rings is 2. The largest absolute Gasteiger partial charge is 0.453 e. The van der Waals surface area contributed by atoms with Gasteiger partial charge in [0, 0.05) is 49.0 Å². The molecular weight excluding hydrogens is 507 g/mol. The van der Waals surface area contributed by atoms with Gasteiger partial charge < -0.3 is 20.7 Å². The number of ether oxygens (including phenoxy) is 1. The highest BCUT2D eigenvalue weighted by atomic mass is 19.1. The highest BCUT2D eigenvalue weighted by molar-refractivity contribution is 5.93. The van der Waals surface area contributed by atoms with Gasteiger partial charge in [0.15, 0.2) is 0 Å². The summed E-state index contributed by atoms with van der Waals surface area (Å²) < 4.78 is 18.3. The molecule has 2 aliphatic rings. The van der Waals surface area contributed by atoms with Crippen LogP contribution in [-0.2, 0) is 15.1 Å². The molecule has 2 fully saturated rings. The third-order valence-electron chi connectivity index (χ3n) is 8.46. The Morgan fingerprint density at radius 1 is 1.05 bits per heavy atom. The molecule has 8 heteroatoms. The van der Waals surface area contributed by atoms with Gasteiger partial charge in [0.2, 0.25) is 5.91 Å². The lowest BCUT2D eigenvalue weighted by Gasteiger charge is -2.41. The van der Waals surface area contributed by atoms with Gasteiger partial charge in [0.25, 0.3) is 0 Å². The standard InChI is InChI=1S/C32H37FN4O3/c1-37(31(39)40-2)27-14-8-21(9-15-27)16-29(38)36-26-17-28(22-6-4-3-5-7-22)30(35-20-26)23-10-12-24(13-11-23)32(34)18-25(33)19-32/h3-7,10-13,17,20-21,25,27H,8-9,14-16,18-19,34H2,1-2H3,(H,36,38)/t21-,25-,27-,32-. The van der Waals surface area contributed by atoms with Crippen molar-refractivity contribution >= 4 is 17.7 Å². The van der Waals surface area contributed by atoms with Gasteiger partial charge >= 0.3 is 6.09 Å². The highest BCUT2D eigenvalue weighted by Crippen LogP contribution is 2.42. The molecule has 0 atom stereocenters. The summed E-state index contributed by atoms with van der Waals surface area (Å²) in [7, 11) is 3.16. The molecule has 2 amide bonds. The Morgan fingerprint density at radius 3 is 2.35 bits per heavy atom. The summed E-state index contributed by atoms with van der Waals surface area (Å²) in [6, 6.07) is 20.0. The van der Waals surface area contributed by atoms with E-state index in [0.717, 1.165) is 53.6 Å². The van der Waals surface area contributed by atoms with Crippen molar-refractivity contribution in [3.8, 4) is 22.4 Å². The van der Waals surface area contributed by atoms with Crippen LogP contribution in [0.4, 0.5) is 14.9 Å². The maximum atomic E-state index is 13.5. The molecular formula is C32H37FN4O3. The van der Waals surface area contributed by atoms with Gasteiger partial charge in [0.05, 0.1) is 24.7 Å². The van der Waals surface area contributed by atoms with E-state index < -0.39 is 11.7 Å². The molecule has 0 aliphatic heterocycles. The molecule has 0 spiro atoms. The Hall–Kier alpha value is -3.78. The van der Waals surface area contributed by atoms with E-state index in [1.54, 1.807) is 18.1 Å². The number of methoxy groups -OCH3 is 1. The number of carbonyl (C=O) groups excluding carboxylic acids is 2. The van der Waals surface area contributed by atoms with Gasteiger partial charge in [-0.2, -0.15) is 0 Å². The molecule has 0 bridgehead atoms. The summed E-state index contributed by atoms with van der Waals surface area (Å²) in [6.07, 6.45) is 5.16. The lowest BCUT2D eigenvalue weighted by atomic mass is 9.71. The van der Waals surface area contributed by atoms with E-state index in [-0.39, 0.29) is 24.0 Å². The van der Waals surface area contributed by atoms with Crippen LogP contribution in [0.3, 0.4) is 0 Å². The predicted octanol–water partition coefficient (Wildman–Crippen LogP) is 6.29. The number of nitrogens with two attached hydrogens (primary N) is 1. The van der Waals surface area contributed by atoms with Crippen molar-refractivity contribution in [3.63, 3.8) is 0 Å². The Bertz CT molecular complexity index is 1330. The van der Waals surface area contributed by atoms with Crippen molar-refractivity contribution < 1.29 is 18.7 Å². The zero-order valence-electron chi connectivity index (χ0n) is 23.1. The predicted molar refractivity (Wildman–Crippen MR) is 154 cm³/mol. The number of pyridine rings is 1. The van der Waals surface area contributed by atoms with E-state index in [4.69, 9.17) is 15.5 Å². The third-order valence-corrected chi connectivity index (χ3v) is 8.46. The fourth-order valence-corrected chi connectivity index (χ4v) is 6.03. The number of nitrogens with zero attached hydrogens (tertiary/aromatic N) is 2. The second-order valence-corrected chi connectivity index (χ2v) is 11.2. The quantitative estimate of drug-likeness (QED) is 0.365. The minimum Gasteiger partial charge on any atom is -0.453 e. The van der Waals surface area contributed by atoms with Gasteiger partial charge in [-0.05, 0) is 48.8 Å². The van der Waals surface area contributed by atoms with Crippen LogP contribution in [0, 0.1) is 5.92 Å². The molecule has 1 heterocycles. The van der Waals surface area contributed by atoms with Crippen molar-refractivity contribution in [1.29, 1.82) is 0 Å². The molecule has 0 unspecified atom stereocenters. The fourth-order valence-electron chi connectivity index (χ4n) is 6.03. The van der Waals surface area contributed by atoms with E-state index in [9.17, 15) is 14.0 Å². The Balaban J connectivity index is 1.28. The first-order chi connectivity index (χ1) is 19.3. The normalized spacial score (nSPS) is 24.1. The molecule has 7 nitrogen and oxygen atoms in total. The van der Waals surface area contributed by atoms with Crippen molar-refractivity contribution in [1.82, 2.24) is 9.88 Å². The van der Waals surface area contributed by atoms with Crippen LogP contribution in [0.5, 0.6) is 0 Å². The molecule has 2 saturated carbocycles. The van der Waals surface area contributed by atoms with Crippen LogP contribution in [0.15, 0.2) is 66.9 Å². The fraction of sp³-hybridized carbons (Fsp3) is 0.406. The third kappa shape index (κ3) is 6.02. The molecule has 3 N–H and O–H groups in total. The first-order valence-corrected chi connectivity index (χ1v) is 14.0. The van der Waals surface area contributed by atoms with Crippen LogP contribution in [0.1, 0.15) is 50.5 Å². The minimum atomic E-state index is -0.831. The molecule has 0 saturated heterocycles. The van der Waals surface area contributed by atoms with Crippen LogP contribution in [0.25, 0.3) is 22.4 Å². The number of hydrogen-bond donors (Lipinski definition) is 2. The van der Waals surface area contributed by atoms with Gasteiger partial charge in [0.1, 0.15) is 6.17 Å². The number of alkyl halides is 1. The topological polar surface area (TPSA) is 97.5 Å². The first kappa shape index (κ1) is 27.8. The molecule has 2 aromatic carbocycles. The van der Waals surface area contributed by atoms with E-state index in [1.165, 1.54) is 7.11 Å². The molecule has 0 radical (unpaired) electrons. The summed E-state index contributed by atoms with van der Waals surface area (Å²) in [5.41, 5.74) is 11.0. The molecule has 2 aliphatic carbocycles. The number of rotatable bonds is 7. The Kier molecular flexibility index (Phi) is 8.17. The van der Waals surface area contributed by atoms with E-state index in [1.807, 2.05) is 60.7 Å². The maximum Gasteiger partial charge on any atom is 0.409 e. The maximum absolute atomic E-state index is 13.5. The summed E-state index contributed by atoms with van der Waals surface area (Å²) >= 11 is 0. The van der Waals surface area contributed by atoms with Crippen molar-refractivity contribution in [2.45, 2.75) is 62.7 Å². The summed E-state index contributed by atoms with van der Waals surface area (Å²) in [5.74, 6) is 0.235. The van der Waals surface area contributed by atoms with Crippen molar-refractivity contribution in [2.75, 3.05) is 19.5 Å². The Labute approximate surface area is 234 Å². The zero-order valence-corrected chi connectivity index (χ0v) is 23.1. The lowest BCUT2D eigenvalue weighted by Crippen LogP contribution is -2.50. The van der Waals surface area contributed by atoms with Crippen LogP contribution in [0.2, 0.25) is 0 Å². The number of halogens is 1. The van der Waals surface area contributed by atoms with E-state index in [2.05, 4.69) is 5.32 Å². The van der Waals surface area contributed by atoms with Crippen LogP contribution < -0.4 is 11.1 Å². The van der Waals surface area contributed by atoms with Gasteiger partial charge in [-0.3, -0.25) is 9.78 Å². The lowest BCUT2D eigenvalue weighted by molar-refractivity contribution is -0.117. The Morgan fingerprint density at radius 2 is 1.73 bits per heavy atom. The number of carbonyl (C=O) groups is 2.